The molecule has 0 aromatic carbocycles. The molecule has 0 aliphatic carbocycles. The van der Waals surface area contributed by atoms with Gasteiger partial charge in [-0.15, -0.1) is 0 Å². The second kappa shape index (κ2) is 4.58. The summed E-state index contributed by atoms with van der Waals surface area (Å²) in [5.41, 5.74) is 8.81. The Morgan fingerprint density at radius 1 is 1.40 bits per heavy atom. The molecule has 0 unspecified atom stereocenters. The van der Waals surface area contributed by atoms with Crippen molar-refractivity contribution in [1.29, 1.82) is 0 Å². The maximum Gasteiger partial charge on any atom is 0.510 e. The van der Waals surface area contributed by atoms with Crippen LogP contribution in [-0.2, 0) is 6.54 Å². The third kappa shape index (κ3) is 2.00. The van der Waals surface area contributed by atoms with Crippen LogP contribution in [0.3, 0.4) is 0 Å². The Morgan fingerprint density at radius 3 is 2.90 bits per heavy atom. The highest BCUT2D eigenvalue weighted by Gasteiger charge is 2.17. The van der Waals surface area contributed by atoms with Gasteiger partial charge < -0.3 is 15.8 Å². The Balaban J connectivity index is 2.01. The molecule has 3 aromatic rings. The minimum Gasteiger partial charge on any atom is -0.422 e. The molecule has 0 fully saturated rings. The van der Waals surface area contributed by atoms with E-state index in [1.54, 1.807) is 13.1 Å². The first kappa shape index (κ1) is 12.6. The Kier molecular flexibility index (Phi) is 2.88. The molecule has 0 aliphatic heterocycles. The molecule has 3 rings (SSSR count). The van der Waals surface area contributed by atoms with E-state index in [2.05, 4.69) is 25.0 Å². The summed E-state index contributed by atoms with van der Waals surface area (Å²) in [7, 11) is -1.60. The van der Waals surface area contributed by atoms with E-state index < -0.39 is 7.12 Å². The molecule has 0 saturated heterocycles. The molecule has 0 amide bonds. The first-order valence-electron chi connectivity index (χ1n) is 5.83. The molecule has 0 spiro atoms. The van der Waals surface area contributed by atoms with E-state index in [9.17, 15) is 0 Å². The molecule has 3 heterocycles. The Morgan fingerprint density at radius 2 is 2.20 bits per heavy atom. The van der Waals surface area contributed by atoms with Gasteiger partial charge in [-0.3, -0.25) is 4.68 Å². The van der Waals surface area contributed by atoms with Gasteiger partial charge in [-0.2, -0.15) is 5.10 Å². The van der Waals surface area contributed by atoms with Gasteiger partial charge in [-0.1, -0.05) is 0 Å². The summed E-state index contributed by atoms with van der Waals surface area (Å²) < 4.78 is 6.15. The van der Waals surface area contributed by atoms with E-state index in [4.69, 9.17) is 15.8 Å². The number of nitrogen functional groups attached to an aromatic ring is 1. The van der Waals surface area contributed by atoms with Crippen LogP contribution in [0.1, 0.15) is 11.3 Å². The third-order valence-corrected chi connectivity index (χ3v) is 3.01. The van der Waals surface area contributed by atoms with Gasteiger partial charge >= 0.3 is 7.12 Å². The zero-order valence-electron chi connectivity index (χ0n) is 10.6. The van der Waals surface area contributed by atoms with Gasteiger partial charge in [0.15, 0.2) is 5.52 Å². The van der Waals surface area contributed by atoms with Crippen molar-refractivity contribution >= 4 is 29.6 Å². The number of anilines is 1. The summed E-state index contributed by atoms with van der Waals surface area (Å²) in [4.78, 5) is 4.25. The second-order valence-electron chi connectivity index (χ2n) is 4.34. The molecule has 0 aliphatic rings. The van der Waals surface area contributed by atoms with Crippen LogP contribution in [0.25, 0.3) is 11.2 Å². The van der Waals surface area contributed by atoms with Crippen LogP contribution in [0.4, 0.5) is 5.69 Å². The van der Waals surface area contributed by atoms with E-state index in [1.165, 1.54) is 10.7 Å². The van der Waals surface area contributed by atoms with Gasteiger partial charge in [0, 0.05) is 17.5 Å². The molecule has 0 bridgehead atoms. The molecule has 102 valence electrons. The number of aryl methyl sites for hydroxylation is 1. The summed E-state index contributed by atoms with van der Waals surface area (Å²) in [5.74, 6) is 0. The van der Waals surface area contributed by atoms with Crippen LogP contribution in [0, 0.1) is 6.92 Å². The van der Waals surface area contributed by atoms with Crippen molar-refractivity contribution in [3.8, 4) is 0 Å². The highest BCUT2D eigenvalue weighted by molar-refractivity contribution is 6.57. The minimum atomic E-state index is -1.60. The number of nitrogens with zero attached hydrogens (tertiary/aromatic N) is 5. The van der Waals surface area contributed by atoms with Crippen LogP contribution < -0.4 is 11.3 Å². The molecule has 10 heteroatoms. The Labute approximate surface area is 113 Å². The fourth-order valence-corrected chi connectivity index (χ4v) is 1.96. The topological polar surface area (TPSA) is 136 Å². The molecule has 4 N–H and O–H groups in total. The van der Waals surface area contributed by atoms with Gasteiger partial charge in [0.05, 0.1) is 17.8 Å². The quantitative estimate of drug-likeness (QED) is 0.487. The molecule has 9 nitrogen and oxygen atoms in total. The smallest absolute Gasteiger partial charge is 0.422 e. The average molecular weight is 274 g/mol. The lowest BCUT2D eigenvalue weighted by molar-refractivity contribution is 0.315. The van der Waals surface area contributed by atoms with Crippen molar-refractivity contribution in [1.82, 2.24) is 25.1 Å². The monoisotopic (exact) mass is 274 g/mol. The molecule has 0 saturated carbocycles. The lowest BCUT2D eigenvalue weighted by Gasteiger charge is -2.08. The van der Waals surface area contributed by atoms with E-state index in [1.807, 2.05) is 0 Å². The van der Waals surface area contributed by atoms with Gasteiger partial charge in [0.1, 0.15) is 0 Å². The van der Waals surface area contributed by atoms with Crippen molar-refractivity contribution < 1.29 is 14.7 Å². The fraction of sp³-hybridized carbons (Fsp3) is 0.200. The summed E-state index contributed by atoms with van der Waals surface area (Å²) in [5, 5.41) is 29.5. The number of rotatable bonds is 3. The lowest BCUT2D eigenvalue weighted by Crippen LogP contribution is -2.31. The number of hydrogen-bond donors (Lipinski definition) is 3. The maximum absolute atomic E-state index is 9.04. The van der Waals surface area contributed by atoms with Gasteiger partial charge in [-0.05, 0) is 23.3 Å². The third-order valence-electron chi connectivity index (χ3n) is 3.01. The number of pyridine rings is 1. The van der Waals surface area contributed by atoms with Crippen molar-refractivity contribution in [2.45, 2.75) is 13.5 Å². The normalized spacial score (nSPS) is 11.2. The predicted molar refractivity (Wildman–Crippen MR) is 69.9 cm³/mol. The summed E-state index contributed by atoms with van der Waals surface area (Å²) in [6.45, 7) is 2.13. The van der Waals surface area contributed by atoms with Crippen molar-refractivity contribution in [2.24, 2.45) is 0 Å². The number of fused-ring (bicyclic) bond motifs is 1. The fourth-order valence-electron chi connectivity index (χ4n) is 1.96. The van der Waals surface area contributed by atoms with Crippen molar-refractivity contribution in [3.05, 3.63) is 23.5 Å². The number of hydrogen-bond acceptors (Lipinski definition) is 8. The molecular formula is C10H11BN6O3. The van der Waals surface area contributed by atoms with Crippen LogP contribution in [-0.4, -0.2) is 42.2 Å². The van der Waals surface area contributed by atoms with Gasteiger partial charge in [-0.25, -0.2) is 9.61 Å². The zero-order chi connectivity index (χ0) is 14.3. The molecule has 3 aromatic heterocycles. The molecular weight excluding hydrogens is 263 g/mol. The maximum atomic E-state index is 9.04. The largest absolute Gasteiger partial charge is 0.510 e. The molecule has 0 radical (unpaired) electrons. The zero-order valence-corrected chi connectivity index (χ0v) is 10.6. The molecule has 0 atom stereocenters. The van der Waals surface area contributed by atoms with Gasteiger partial charge in [0.25, 0.3) is 0 Å². The second-order valence-corrected chi connectivity index (χ2v) is 4.34. The summed E-state index contributed by atoms with van der Waals surface area (Å²) in [6.07, 6.45) is 1.62. The average Bonchev–Trinajstić information content (AvgIpc) is 3.02. The van der Waals surface area contributed by atoms with E-state index in [-0.39, 0.29) is 5.59 Å². The van der Waals surface area contributed by atoms with Crippen LogP contribution in [0.15, 0.2) is 16.9 Å². The van der Waals surface area contributed by atoms with E-state index in [0.29, 0.717) is 29.1 Å². The highest BCUT2D eigenvalue weighted by Crippen LogP contribution is 2.23. The Bertz CT molecular complexity index is 768. The highest BCUT2D eigenvalue weighted by atomic mass is 16.6. The predicted octanol–water partition coefficient (Wildman–Crippen LogP) is -1.57. The summed E-state index contributed by atoms with van der Waals surface area (Å²) in [6, 6.07) is 1.51. The number of nitrogens with two attached hydrogens (primary N) is 1. The van der Waals surface area contributed by atoms with E-state index >= 15 is 0 Å². The van der Waals surface area contributed by atoms with Crippen LogP contribution >= 0.6 is 0 Å². The lowest BCUT2D eigenvalue weighted by atomic mass is 9.87. The SMILES string of the molecule is Cc1nc2nonc2c(N)c1Cn1ccc(B(O)O)n1. The Hall–Kier alpha value is -2.46. The van der Waals surface area contributed by atoms with Gasteiger partial charge in [0.2, 0.25) is 5.65 Å². The van der Waals surface area contributed by atoms with E-state index in [0.717, 1.165) is 5.56 Å². The first-order chi connectivity index (χ1) is 9.56. The first-order valence-corrected chi connectivity index (χ1v) is 5.83. The van der Waals surface area contributed by atoms with Crippen LogP contribution in [0.5, 0.6) is 0 Å². The standard InChI is InChI=1S/C10H11BN6O3/c1-5-6(4-17-3-2-7(14-17)11(18)19)8(12)9-10(13-5)16-20-15-9/h2-3,18-19H,4,12H2,1H3. The van der Waals surface area contributed by atoms with Crippen molar-refractivity contribution in [3.63, 3.8) is 0 Å². The number of aromatic nitrogens is 5. The van der Waals surface area contributed by atoms with Crippen molar-refractivity contribution in [2.75, 3.05) is 5.73 Å². The molecule has 20 heavy (non-hydrogen) atoms. The van der Waals surface area contributed by atoms with Crippen LogP contribution in [0.2, 0.25) is 0 Å². The minimum absolute atomic E-state index is 0.165. The summed E-state index contributed by atoms with van der Waals surface area (Å²) >= 11 is 0.